The van der Waals surface area contributed by atoms with Gasteiger partial charge in [-0.1, -0.05) is 48.5 Å². The van der Waals surface area contributed by atoms with Gasteiger partial charge in [0.15, 0.2) is 0 Å². The van der Waals surface area contributed by atoms with E-state index in [0.717, 1.165) is 28.7 Å². The van der Waals surface area contributed by atoms with Crippen LogP contribution in [0.3, 0.4) is 0 Å². The summed E-state index contributed by atoms with van der Waals surface area (Å²) in [5, 5.41) is 6.84. The van der Waals surface area contributed by atoms with Crippen LogP contribution in [0.4, 0.5) is 10.5 Å². The number of para-hydroxylation sites is 1. The van der Waals surface area contributed by atoms with Crippen molar-refractivity contribution in [2.24, 2.45) is 0 Å². The van der Waals surface area contributed by atoms with Crippen molar-refractivity contribution in [1.82, 2.24) is 9.88 Å². The molecular formula is C19H21N3O2. The van der Waals surface area contributed by atoms with Gasteiger partial charge < -0.3 is 19.9 Å². The summed E-state index contributed by atoms with van der Waals surface area (Å²) < 4.78 is 7.24. The molecule has 0 aliphatic heterocycles. The Morgan fingerprint density at radius 2 is 1.83 bits per heavy atom. The molecule has 0 atom stereocenters. The van der Waals surface area contributed by atoms with Crippen molar-refractivity contribution < 1.29 is 9.53 Å². The Kier molecular flexibility index (Phi) is 5.13. The lowest BCUT2D eigenvalue weighted by atomic mass is 10.2. The van der Waals surface area contributed by atoms with E-state index in [1.54, 1.807) is 7.11 Å². The second-order valence-electron chi connectivity index (χ2n) is 5.54. The maximum Gasteiger partial charge on any atom is 0.319 e. The lowest BCUT2D eigenvalue weighted by molar-refractivity contribution is 0.188. The molecule has 3 rings (SSSR count). The summed E-state index contributed by atoms with van der Waals surface area (Å²) in [5.74, 6) is 0. The van der Waals surface area contributed by atoms with Crippen LogP contribution in [-0.4, -0.2) is 24.3 Å². The quantitative estimate of drug-likeness (QED) is 0.728. The van der Waals surface area contributed by atoms with Crippen molar-refractivity contribution in [2.75, 3.05) is 19.0 Å². The highest BCUT2D eigenvalue weighted by atomic mass is 16.5. The highest BCUT2D eigenvalue weighted by Gasteiger charge is 2.10. The highest BCUT2D eigenvalue weighted by molar-refractivity contribution is 6.01. The standard InChI is InChI=1S/C19H21N3O2/c1-24-12-11-22-14-17(16-9-5-6-10-18(16)22)21-19(23)20-13-15-7-3-2-4-8-15/h2-10,14H,11-13H2,1H3,(H2,20,21,23). The summed E-state index contributed by atoms with van der Waals surface area (Å²) in [5.41, 5.74) is 2.94. The number of rotatable bonds is 6. The summed E-state index contributed by atoms with van der Waals surface area (Å²) in [6, 6.07) is 17.6. The zero-order chi connectivity index (χ0) is 16.8. The SMILES string of the molecule is COCCn1cc(NC(=O)NCc2ccccc2)c2ccccc21. The molecule has 0 bridgehead atoms. The number of benzene rings is 2. The number of ether oxygens (including phenoxy) is 1. The number of carbonyl (C=O) groups is 1. The van der Waals surface area contributed by atoms with Crippen LogP contribution >= 0.6 is 0 Å². The topological polar surface area (TPSA) is 55.3 Å². The number of anilines is 1. The van der Waals surface area contributed by atoms with Crippen LogP contribution in [0.1, 0.15) is 5.56 Å². The Bertz CT molecular complexity index is 812. The maximum atomic E-state index is 12.2. The van der Waals surface area contributed by atoms with Crippen molar-refractivity contribution in [1.29, 1.82) is 0 Å². The lowest BCUT2D eigenvalue weighted by Crippen LogP contribution is -2.28. The number of urea groups is 1. The predicted octanol–water partition coefficient (Wildman–Crippen LogP) is 3.61. The number of nitrogens with zero attached hydrogens (tertiary/aromatic N) is 1. The van der Waals surface area contributed by atoms with E-state index >= 15 is 0 Å². The third kappa shape index (κ3) is 3.75. The fourth-order valence-corrected chi connectivity index (χ4v) is 2.67. The summed E-state index contributed by atoms with van der Waals surface area (Å²) in [7, 11) is 1.68. The fourth-order valence-electron chi connectivity index (χ4n) is 2.67. The number of hydrogen-bond acceptors (Lipinski definition) is 2. The van der Waals surface area contributed by atoms with Crippen molar-refractivity contribution in [2.45, 2.75) is 13.1 Å². The first kappa shape index (κ1) is 16.1. The largest absolute Gasteiger partial charge is 0.383 e. The molecule has 0 saturated carbocycles. The Labute approximate surface area is 141 Å². The van der Waals surface area contributed by atoms with E-state index in [1.165, 1.54) is 0 Å². The molecule has 2 aromatic carbocycles. The Morgan fingerprint density at radius 3 is 2.62 bits per heavy atom. The summed E-state index contributed by atoms with van der Waals surface area (Å²) >= 11 is 0. The maximum absolute atomic E-state index is 12.2. The van der Waals surface area contributed by atoms with E-state index in [4.69, 9.17) is 4.74 Å². The molecule has 0 saturated heterocycles. The van der Waals surface area contributed by atoms with Crippen molar-refractivity contribution >= 4 is 22.6 Å². The number of aromatic nitrogens is 1. The first-order chi connectivity index (χ1) is 11.8. The van der Waals surface area contributed by atoms with Gasteiger partial charge in [0.2, 0.25) is 0 Å². The van der Waals surface area contributed by atoms with Crippen LogP contribution in [0.5, 0.6) is 0 Å². The number of methoxy groups -OCH3 is 1. The van der Waals surface area contributed by atoms with Gasteiger partial charge in [-0.25, -0.2) is 4.79 Å². The molecule has 1 heterocycles. The zero-order valence-electron chi connectivity index (χ0n) is 13.7. The molecule has 2 N–H and O–H groups in total. The molecular weight excluding hydrogens is 302 g/mol. The summed E-state index contributed by atoms with van der Waals surface area (Å²) in [6.45, 7) is 1.86. The number of fused-ring (bicyclic) bond motifs is 1. The fraction of sp³-hybridized carbons (Fsp3) is 0.211. The number of nitrogens with one attached hydrogen (secondary N) is 2. The van der Waals surface area contributed by atoms with Crippen LogP contribution in [-0.2, 0) is 17.8 Å². The number of amides is 2. The molecule has 2 amide bonds. The molecule has 124 valence electrons. The highest BCUT2D eigenvalue weighted by Crippen LogP contribution is 2.25. The van der Waals surface area contributed by atoms with Gasteiger partial charge in [0.25, 0.3) is 0 Å². The molecule has 0 aliphatic rings. The van der Waals surface area contributed by atoms with Gasteiger partial charge in [0, 0.05) is 31.8 Å². The molecule has 5 nitrogen and oxygen atoms in total. The molecule has 24 heavy (non-hydrogen) atoms. The average molecular weight is 323 g/mol. The van der Waals surface area contributed by atoms with Crippen LogP contribution < -0.4 is 10.6 Å². The summed E-state index contributed by atoms with van der Waals surface area (Å²) in [4.78, 5) is 12.2. The van der Waals surface area contributed by atoms with E-state index in [1.807, 2.05) is 60.8 Å². The van der Waals surface area contributed by atoms with E-state index in [-0.39, 0.29) is 6.03 Å². The molecule has 0 aliphatic carbocycles. The van der Waals surface area contributed by atoms with Crippen molar-refractivity contribution in [3.63, 3.8) is 0 Å². The second kappa shape index (κ2) is 7.66. The van der Waals surface area contributed by atoms with Crippen molar-refractivity contribution in [3.8, 4) is 0 Å². The Balaban J connectivity index is 1.71. The first-order valence-electron chi connectivity index (χ1n) is 7.93. The molecule has 0 radical (unpaired) electrons. The smallest absolute Gasteiger partial charge is 0.319 e. The minimum Gasteiger partial charge on any atom is -0.383 e. The van der Waals surface area contributed by atoms with E-state index in [2.05, 4.69) is 15.2 Å². The van der Waals surface area contributed by atoms with Crippen molar-refractivity contribution in [3.05, 3.63) is 66.4 Å². The van der Waals surface area contributed by atoms with E-state index in [0.29, 0.717) is 13.2 Å². The minimum atomic E-state index is -0.214. The molecule has 3 aromatic rings. The van der Waals surface area contributed by atoms with Gasteiger partial charge in [0.1, 0.15) is 0 Å². The van der Waals surface area contributed by atoms with Crippen LogP contribution in [0.25, 0.3) is 10.9 Å². The zero-order valence-corrected chi connectivity index (χ0v) is 13.7. The van der Waals surface area contributed by atoms with Gasteiger partial charge in [-0.05, 0) is 11.6 Å². The molecule has 0 fully saturated rings. The third-order valence-electron chi connectivity index (χ3n) is 3.87. The lowest BCUT2D eigenvalue weighted by Gasteiger charge is -2.06. The van der Waals surface area contributed by atoms with Crippen LogP contribution in [0.15, 0.2) is 60.8 Å². The Hall–Kier alpha value is -2.79. The summed E-state index contributed by atoms with van der Waals surface area (Å²) in [6.07, 6.45) is 1.95. The van der Waals surface area contributed by atoms with Gasteiger partial charge in [-0.2, -0.15) is 0 Å². The molecule has 5 heteroatoms. The molecule has 0 spiro atoms. The van der Waals surface area contributed by atoms with E-state index < -0.39 is 0 Å². The minimum absolute atomic E-state index is 0.214. The van der Waals surface area contributed by atoms with Gasteiger partial charge in [0.05, 0.1) is 17.8 Å². The first-order valence-corrected chi connectivity index (χ1v) is 7.93. The predicted molar refractivity (Wildman–Crippen MR) is 96.1 cm³/mol. The van der Waals surface area contributed by atoms with Crippen LogP contribution in [0, 0.1) is 0 Å². The van der Waals surface area contributed by atoms with Gasteiger partial charge >= 0.3 is 6.03 Å². The monoisotopic (exact) mass is 323 g/mol. The molecule has 0 unspecified atom stereocenters. The average Bonchev–Trinajstić information content (AvgIpc) is 2.97. The van der Waals surface area contributed by atoms with Gasteiger partial charge in [-0.3, -0.25) is 0 Å². The third-order valence-corrected chi connectivity index (χ3v) is 3.87. The number of hydrogen-bond donors (Lipinski definition) is 2. The molecule has 1 aromatic heterocycles. The Morgan fingerprint density at radius 1 is 1.08 bits per heavy atom. The van der Waals surface area contributed by atoms with Crippen LogP contribution in [0.2, 0.25) is 0 Å². The normalized spacial score (nSPS) is 10.7. The van der Waals surface area contributed by atoms with Gasteiger partial charge in [-0.15, -0.1) is 0 Å². The number of carbonyl (C=O) groups excluding carboxylic acids is 1. The second-order valence-corrected chi connectivity index (χ2v) is 5.54. The van der Waals surface area contributed by atoms with E-state index in [9.17, 15) is 4.79 Å².